The number of ether oxygens (including phenoxy) is 1. The number of para-hydroxylation sites is 1. The second-order valence-corrected chi connectivity index (χ2v) is 5.71. The molecule has 2 N–H and O–H groups in total. The first kappa shape index (κ1) is 18.1. The van der Waals surface area contributed by atoms with E-state index in [2.05, 4.69) is 20.4 Å². The third kappa shape index (κ3) is 4.30. The minimum absolute atomic E-state index is 0.152. The Morgan fingerprint density at radius 1 is 1.11 bits per heavy atom. The Bertz CT molecular complexity index is 1030. The number of aromatic nitrogens is 2. The maximum Gasteiger partial charge on any atom is 0.337 e. The van der Waals surface area contributed by atoms with Gasteiger partial charge in [-0.25, -0.2) is 14.6 Å². The molecule has 0 saturated carbocycles. The predicted molar refractivity (Wildman–Crippen MR) is 101 cm³/mol. The molecule has 3 aromatic rings. The highest BCUT2D eigenvalue weighted by atomic mass is 16.5. The maximum absolute atomic E-state index is 12.4. The Labute approximate surface area is 154 Å². The molecule has 0 aliphatic rings. The van der Waals surface area contributed by atoms with Gasteiger partial charge in [0.25, 0.3) is 5.56 Å². The molecule has 0 bridgehead atoms. The summed E-state index contributed by atoms with van der Waals surface area (Å²) in [6.45, 7) is 0.553. The summed E-state index contributed by atoms with van der Waals surface area (Å²) < 4.78 is 6.07. The highest BCUT2D eigenvalue weighted by Gasteiger charge is 2.07. The average molecular weight is 366 g/mol. The Balaban J connectivity index is 1.55. The summed E-state index contributed by atoms with van der Waals surface area (Å²) in [6, 6.07) is 13.0. The Hall–Kier alpha value is -3.68. The number of anilines is 1. The first-order valence-electron chi connectivity index (χ1n) is 8.26. The lowest BCUT2D eigenvalue weighted by atomic mass is 10.2. The van der Waals surface area contributed by atoms with Gasteiger partial charge in [0.2, 0.25) is 0 Å². The number of amides is 2. The molecule has 8 heteroatoms. The van der Waals surface area contributed by atoms with Gasteiger partial charge in [0, 0.05) is 18.8 Å². The van der Waals surface area contributed by atoms with Crippen molar-refractivity contribution in [3.63, 3.8) is 0 Å². The van der Waals surface area contributed by atoms with Gasteiger partial charge >= 0.3 is 12.0 Å². The summed E-state index contributed by atoms with van der Waals surface area (Å²) in [5.74, 6) is -0.444. The van der Waals surface area contributed by atoms with Crippen LogP contribution >= 0.6 is 0 Å². The van der Waals surface area contributed by atoms with Crippen LogP contribution in [0.2, 0.25) is 0 Å². The van der Waals surface area contributed by atoms with E-state index >= 15 is 0 Å². The van der Waals surface area contributed by atoms with Gasteiger partial charge in [-0.1, -0.05) is 12.1 Å². The number of nitrogens with one attached hydrogen (secondary N) is 2. The van der Waals surface area contributed by atoms with Crippen LogP contribution in [-0.4, -0.2) is 35.2 Å². The number of benzene rings is 2. The molecule has 2 amide bonds. The lowest BCUT2D eigenvalue weighted by molar-refractivity contribution is 0.0600. The van der Waals surface area contributed by atoms with E-state index < -0.39 is 12.0 Å². The fourth-order valence-corrected chi connectivity index (χ4v) is 2.54. The quantitative estimate of drug-likeness (QED) is 0.673. The van der Waals surface area contributed by atoms with Crippen molar-refractivity contribution in [1.29, 1.82) is 0 Å². The molecule has 0 saturated heterocycles. The van der Waals surface area contributed by atoms with Gasteiger partial charge in [-0.05, 0) is 36.4 Å². The summed E-state index contributed by atoms with van der Waals surface area (Å²) in [5, 5.41) is 5.86. The first-order chi connectivity index (χ1) is 13.1. The summed E-state index contributed by atoms with van der Waals surface area (Å²) >= 11 is 0. The lowest BCUT2D eigenvalue weighted by Crippen LogP contribution is -2.33. The van der Waals surface area contributed by atoms with E-state index in [1.54, 1.807) is 42.5 Å². The fourth-order valence-electron chi connectivity index (χ4n) is 2.54. The molecule has 138 valence electrons. The van der Waals surface area contributed by atoms with Crippen LogP contribution in [0.3, 0.4) is 0 Å². The molecule has 0 unspecified atom stereocenters. The third-order valence-corrected chi connectivity index (χ3v) is 3.93. The molecule has 0 fully saturated rings. The van der Waals surface area contributed by atoms with Crippen LogP contribution in [0, 0.1) is 0 Å². The van der Waals surface area contributed by atoms with E-state index in [1.165, 1.54) is 18.0 Å². The summed E-state index contributed by atoms with van der Waals surface area (Å²) in [6.07, 6.45) is 1.47. The number of rotatable bonds is 5. The van der Waals surface area contributed by atoms with Gasteiger partial charge in [-0.2, -0.15) is 0 Å². The number of nitrogens with zero attached hydrogens (tertiary/aromatic N) is 2. The highest BCUT2D eigenvalue weighted by Crippen LogP contribution is 2.10. The first-order valence-corrected chi connectivity index (χ1v) is 8.26. The monoisotopic (exact) mass is 366 g/mol. The molecular weight excluding hydrogens is 348 g/mol. The van der Waals surface area contributed by atoms with Crippen LogP contribution in [0.4, 0.5) is 10.5 Å². The van der Waals surface area contributed by atoms with Gasteiger partial charge in [-0.3, -0.25) is 9.36 Å². The van der Waals surface area contributed by atoms with Crippen LogP contribution in [0.15, 0.2) is 59.7 Å². The molecule has 0 atom stereocenters. The van der Waals surface area contributed by atoms with Gasteiger partial charge in [0.05, 0.1) is 29.9 Å². The van der Waals surface area contributed by atoms with Crippen LogP contribution in [0.1, 0.15) is 10.4 Å². The number of hydrogen-bond donors (Lipinski definition) is 2. The minimum atomic E-state index is -0.444. The Kier molecular flexibility index (Phi) is 5.46. The highest BCUT2D eigenvalue weighted by molar-refractivity contribution is 5.92. The summed E-state index contributed by atoms with van der Waals surface area (Å²) in [4.78, 5) is 39.9. The molecule has 0 spiro atoms. The largest absolute Gasteiger partial charge is 0.465 e. The Morgan fingerprint density at radius 2 is 1.85 bits per heavy atom. The van der Waals surface area contributed by atoms with Gasteiger partial charge in [-0.15, -0.1) is 0 Å². The number of methoxy groups -OCH3 is 1. The van der Waals surface area contributed by atoms with Crippen molar-refractivity contribution < 1.29 is 14.3 Å². The van der Waals surface area contributed by atoms with Gasteiger partial charge in [0.1, 0.15) is 0 Å². The average Bonchev–Trinajstić information content (AvgIpc) is 2.70. The second kappa shape index (κ2) is 8.13. The van der Waals surface area contributed by atoms with Crippen molar-refractivity contribution in [3.05, 3.63) is 70.8 Å². The number of urea groups is 1. The molecule has 3 rings (SSSR count). The predicted octanol–water partition coefficient (Wildman–Crippen LogP) is 2.00. The SMILES string of the molecule is COC(=O)c1ccc(NC(=O)NCCn2cnc3ccccc3c2=O)cc1. The van der Waals surface area contributed by atoms with E-state index in [9.17, 15) is 14.4 Å². The van der Waals surface area contributed by atoms with E-state index in [0.717, 1.165) is 0 Å². The molecule has 2 aromatic carbocycles. The molecular formula is C19H18N4O4. The standard InChI is InChI=1S/C19H18N4O4/c1-27-18(25)13-6-8-14(9-7-13)22-19(26)20-10-11-23-12-21-16-5-3-2-4-15(16)17(23)24/h2-9,12H,10-11H2,1H3,(H2,20,22,26). The van der Waals surface area contributed by atoms with Gasteiger partial charge in [0.15, 0.2) is 0 Å². The van der Waals surface area contributed by atoms with Gasteiger partial charge < -0.3 is 15.4 Å². The third-order valence-electron chi connectivity index (χ3n) is 3.93. The smallest absolute Gasteiger partial charge is 0.337 e. The molecule has 27 heavy (non-hydrogen) atoms. The van der Waals surface area contributed by atoms with Crippen molar-refractivity contribution >= 4 is 28.6 Å². The van der Waals surface area contributed by atoms with E-state index in [4.69, 9.17) is 0 Å². The molecule has 0 radical (unpaired) electrons. The molecule has 0 aliphatic heterocycles. The van der Waals surface area contributed by atoms with Crippen LogP contribution in [-0.2, 0) is 11.3 Å². The zero-order valence-electron chi connectivity index (χ0n) is 14.6. The zero-order chi connectivity index (χ0) is 19.2. The summed E-state index contributed by atoms with van der Waals surface area (Å²) in [7, 11) is 1.30. The maximum atomic E-state index is 12.4. The normalized spacial score (nSPS) is 10.4. The van der Waals surface area contributed by atoms with Crippen LogP contribution in [0.5, 0.6) is 0 Å². The van der Waals surface area contributed by atoms with E-state index in [1.807, 2.05) is 6.07 Å². The van der Waals surface area contributed by atoms with Crippen molar-refractivity contribution in [2.24, 2.45) is 0 Å². The van der Waals surface area contributed by atoms with Crippen LogP contribution < -0.4 is 16.2 Å². The number of fused-ring (bicyclic) bond motifs is 1. The number of carbonyl (C=O) groups excluding carboxylic acids is 2. The van der Waals surface area contributed by atoms with E-state index in [0.29, 0.717) is 28.7 Å². The summed E-state index contributed by atoms with van der Waals surface area (Å²) in [5.41, 5.74) is 1.41. The molecule has 1 aromatic heterocycles. The van der Waals surface area contributed by atoms with Crippen molar-refractivity contribution in [2.45, 2.75) is 6.54 Å². The number of esters is 1. The molecule has 1 heterocycles. The topological polar surface area (TPSA) is 102 Å². The number of carbonyl (C=O) groups is 2. The van der Waals surface area contributed by atoms with E-state index in [-0.39, 0.29) is 12.1 Å². The lowest BCUT2D eigenvalue weighted by Gasteiger charge is -2.10. The van der Waals surface area contributed by atoms with Crippen molar-refractivity contribution in [1.82, 2.24) is 14.9 Å². The number of hydrogen-bond acceptors (Lipinski definition) is 5. The van der Waals surface area contributed by atoms with Crippen molar-refractivity contribution in [3.8, 4) is 0 Å². The van der Waals surface area contributed by atoms with Crippen molar-refractivity contribution in [2.75, 3.05) is 19.0 Å². The Morgan fingerprint density at radius 3 is 2.59 bits per heavy atom. The molecule has 8 nitrogen and oxygen atoms in total. The van der Waals surface area contributed by atoms with Crippen LogP contribution in [0.25, 0.3) is 10.9 Å². The molecule has 0 aliphatic carbocycles. The fraction of sp³-hybridized carbons (Fsp3) is 0.158. The zero-order valence-corrected chi connectivity index (χ0v) is 14.6. The second-order valence-electron chi connectivity index (χ2n) is 5.71. The minimum Gasteiger partial charge on any atom is -0.465 e.